The lowest BCUT2D eigenvalue weighted by Crippen LogP contribution is -2.48. The van der Waals surface area contributed by atoms with E-state index in [0.29, 0.717) is 11.3 Å². The van der Waals surface area contributed by atoms with Crippen molar-refractivity contribution >= 4 is 46.4 Å². The average Bonchev–Trinajstić information content (AvgIpc) is 2.72. The van der Waals surface area contributed by atoms with Gasteiger partial charge in [0.25, 0.3) is 17.5 Å². The van der Waals surface area contributed by atoms with Crippen molar-refractivity contribution in [2.24, 2.45) is 5.92 Å². The van der Waals surface area contributed by atoms with Gasteiger partial charge in [-0.15, -0.1) is 0 Å². The number of nitro groups is 1. The number of nitrogens with one attached hydrogen (secondary N) is 4. The smallest absolute Gasteiger partial charge is 0.269 e. The Labute approximate surface area is 177 Å². The zero-order valence-corrected chi connectivity index (χ0v) is 16.9. The third-order valence-corrected chi connectivity index (χ3v) is 4.00. The number of non-ortho nitro benzene ring substituents is 1. The Morgan fingerprint density at radius 3 is 1.97 bits per heavy atom. The number of nitrogens with zero attached hydrogens (tertiary/aromatic N) is 1. The second-order valence-electron chi connectivity index (χ2n) is 6.39. The van der Waals surface area contributed by atoms with Crippen molar-refractivity contribution in [2.75, 3.05) is 5.32 Å². The minimum atomic E-state index is -0.595. The predicted molar refractivity (Wildman–Crippen MR) is 114 cm³/mol. The zero-order valence-electron chi connectivity index (χ0n) is 16.1. The second-order valence-corrected chi connectivity index (χ2v) is 6.80. The van der Waals surface area contributed by atoms with Crippen molar-refractivity contribution in [1.29, 1.82) is 0 Å². The van der Waals surface area contributed by atoms with Crippen molar-refractivity contribution in [1.82, 2.24) is 16.2 Å². The molecule has 0 fully saturated rings. The minimum absolute atomic E-state index is 0.136. The van der Waals surface area contributed by atoms with Gasteiger partial charge < -0.3 is 5.32 Å². The number of hydrogen-bond donors (Lipinski definition) is 4. The van der Waals surface area contributed by atoms with Gasteiger partial charge in [-0.2, -0.15) is 0 Å². The first-order valence-electron chi connectivity index (χ1n) is 8.74. The van der Waals surface area contributed by atoms with Gasteiger partial charge in [0.1, 0.15) is 0 Å². The normalized spacial score (nSPS) is 10.1. The molecule has 10 nitrogen and oxygen atoms in total. The summed E-state index contributed by atoms with van der Waals surface area (Å²) in [5.74, 6) is -1.41. The molecule has 2 aromatic rings. The quantitative estimate of drug-likeness (QED) is 0.324. The summed E-state index contributed by atoms with van der Waals surface area (Å²) in [6.07, 6.45) is 0. The largest absolute Gasteiger partial charge is 0.326 e. The Morgan fingerprint density at radius 2 is 1.43 bits per heavy atom. The van der Waals surface area contributed by atoms with Gasteiger partial charge in [-0.25, -0.2) is 0 Å². The topological polar surface area (TPSA) is 142 Å². The van der Waals surface area contributed by atoms with Gasteiger partial charge in [-0.3, -0.25) is 40.7 Å². The molecule has 0 heterocycles. The fourth-order valence-electron chi connectivity index (χ4n) is 2.12. The van der Waals surface area contributed by atoms with Crippen LogP contribution in [0.15, 0.2) is 48.5 Å². The predicted octanol–water partition coefficient (Wildman–Crippen LogP) is 2.14. The van der Waals surface area contributed by atoms with Crippen molar-refractivity contribution in [3.8, 4) is 0 Å². The Hall–Kier alpha value is -3.86. The molecule has 0 saturated heterocycles. The molecule has 0 radical (unpaired) electrons. The molecule has 30 heavy (non-hydrogen) atoms. The van der Waals surface area contributed by atoms with Gasteiger partial charge >= 0.3 is 0 Å². The van der Waals surface area contributed by atoms with Crippen molar-refractivity contribution in [3.63, 3.8) is 0 Å². The molecule has 4 N–H and O–H groups in total. The number of nitro benzene ring substituents is 1. The number of rotatable bonds is 5. The Morgan fingerprint density at radius 1 is 0.900 bits per heavy atom. The van der Waals surface area contributed by atoms with Gasteiger partial charge in [0.15, 0.2) is 5.11 Å². The molecule has 0 aliphatic carbocycles. The molecule has 0 unspecified atom stereocenters. The zero-order chi connectivity index (χ0) is 22.3. The molecule has 0 bridgehead atoms. The van der Waals surface area contributed by atoms with E-state index in [4.69, 9.17) is 12.2 Å². The standard InChI is InChI=1S/C19H19N5O5S/c1-11(2)16(25)20-14-7-3-13(4-8-14)18(27)22-23-19(30)21-17(26)12-5-9-15(10-6-12)24(28)29/h3-11H,1-2H3,(H,20,25)(H,22,27)(H2,21,23,26,30). The van der Waals surface area contributed by atoms with E-state index in [9.17, 15) is 24.5 Å². The van der Waals surface area contributed by atoms with Crippen molar-refractivity contribution in [3.05, 3.63) is 69.8 Å². The van der Waals surface area contributed by atoms with Crippen LogP contribution in [0.5, 0.6) is 0 Å². The molecule has 0 aromatic heterocycles. The summed E-state index contributed by atoms with van der Waals surface area (Å²) in [5.41, 5.74) is 5.61. The fourth-order valence-corrected chi connectivity index (χ4v) is 2.26. The van der Waals surface area contributed by atoms with E-state index in [-0.39, 0.29) is 28.2 Å². The molecule has 156 valence electrons. The fraction of sp³-hybridized carbons (Fsp3) is 0.158. The third-order valence-electron chi connectivity index (χ3n) is 3.80. The number of thiocarbonyl (C=S) groups is 1. The number of hydrazine groups is 1. The molecule has 0 aliphatic rings. The summed E-state index contributed by atoms with van der Waals surface area (Å²) in [6, 6.07) is 11.2. The van der Waals surface area contributed by atoms with Crippen LogP contribution in [0.3, 0.4) is 0 Å². The maximum atomic E-state index is 12.2. The molecule has 0 atom stereocenters. The van der Waals surface area contributed by atoms with Crippen LogP contribution in [0.25, 0.3) is 0 Å². The highest BCUT2D eigenvalue weighted by Crippen LogP contribution is 2.12. The number of benzene rings is 2. The molecule has 0 spiro atoms. The van der Waals surface area contributed by atoms with Gasteiger partial charge in [0.2, 0.25) is 5.91 Å². The van der Waals surface area contributed by atoms with E-state index in [1.807, 2.05) is 0 Å². The van der Waals surface area contributed by atoms with E-state index < -0.39 is 16.7 Å². The highest BCUT2D eigenvalue weighted by molar-refractivity contribution is 7.80. The van der Waals surface area contributed by atoms with E-state index >= 15 is 0 Å². The first kappa shape index (κ1) is 22.4. The van der Waals surface area contributed by atoms with E-state index in [1.54, 1.807) is 26.0 Å². The van der Waals surface area contributed by atoms with Gasteiger partial charge in [0, 0.05) is 34.9 Å². The summed E-state index contributed by atoms with van der Waals surface area (Å²) in [5, 5.41) is 15.5. The Kier molecular flexibility index (Phi) is 7.53. The summed E-state index contributed by atoms with van der Waals surface area (Å²) < 4.78 is 0. The van der Waals surface area contributed by atoms with Crippen LogP contribution in [0.2, 0.25) is 0 Å². The van der Waals surface area contributed by atoms with Crippen LogP contribution in [0, 0.1) is 16.0 Å². The number of amides is 3. The number of carbonyl (C=O) groups excluding carboxylic acids is 3. The SMILES string of the molecule is CC(C)C(=O)Nc1ccc(C(=O)NNC(=S)NC(=O)c2ccc([N+](=O)[O-])cc2)cc1. The molecule has 0 saturated carbocycles. The monoisotopic (exact) mass is 429 g/mol. The first-order valence-corrected chi connectivity index (χ1v) is 9.15. The van der Waals surface area contributed by atoms with Gasteiger partial charge in [-0.1, -0.05) is 13.8 Å². The molecule has 11 heteroatoms. The molecule has 2 rings (SSSR count). The van der Waals surface area contributed by atoms with E-state index in [2.05, 4.69) is 21.5 Å². The highest BCUT2D eigenvalue weighted by atomic mass is 32.1. The van der Waals surface area contributed by atoms with Crippen LogP contribution < -0.4 is 21.5 Å². The third kappa shape index (κ3) is 6.34. The van der Waals surface area contributed by atoms with Gasteiger partial charge in [0.05, 0.1) is 4.92 Å². The van der Waals surface area contributed by atoms with Crippen LogP contribution in [0.1, 0.15) is 34.6 Å². The Balaban J connectivity index is 1.85. The summed E-state index contributed by atoms with van der Waals surface area (Å²) in [6.45, 7) is 3.54. The van der Waals surface area contributed by atoms with Crippen LogP contribution in [-0.2, 0) is 4.79 Å². The number of hydrogen-bond acceptors (Lipinski definition) is 6. The molecule has 2 aromatic carbocycles. The van der Waals surface area contributed by atoms with E-state index in [0.717, 1.165) is 0 Å². The summed E-state index contributed by atoms with van der Waals surface area (Å²) in [4.78, 5) is 45.9. The molecular formula is C19H19N5O5S. The Bertz CT molecular complexity index is 974. The van der Waals surface area contributed by atoms with Crippen LogP contribution >= 0.6 is 12.2 Å². The molecule has 3 amide bonds. The number of carbonyl (C=O) groups is 3. The second kappa shape index (κ2) is 10.1. The summed E-state index contributed by atoms with van der Waals surface area (Å²) >= 11 is 4.95. The average molecular weight is 429 g/mol. The van der Waals surface area contributed by atoms with Gasteiger partial charge in [-0.05, 0) is 48.6 Å². The lowest BCUT2D eigenvalue weighted by molar-refractivity contribution is -0.384. The maximum Gasteiger partial charge on any atom is 0.269 e. The highest BCUT2D eigenvalue weighted by Gasteiger charge is 2.12. The van der Waals surface area contributed by atoms with Crippen LogP contribution in [-0.4, -0.2) is 27.8 Å². The summed E-state index contributed by atoms with van der Waals surface area (Å²) in [7, 11) is 0. The lowest BCUT2D eigenvalue weighted by atomic mass is 10.1. The molecular weight excluding hydrogens is 410 g/mol. The lowest BCUT2D eigenvalue weighted by Gasteiger charge is -2.11. The maximum absolute atomic E-state index is 12.2. The minimum Gasteiger partial charge on any atom is -0.326 e. The van der Waals surface area contributed by atoms with E-state index in [1.165, 1.54) is 36.4 Å². The molecule has 0 aliphatic heterocycles. The first-order chi connectivity index (χ1) is 14.2. The van der Waals surface area contributed by atoms with Crippen molar-refractivity contribution in [2.45, 2.75) is 13.8 Å². The van der Waals surface area contributed by atoms with Crippen LogP contribution in [0.4, 0.5) is 11.4 Å². The number of anilines is 1. The van der Waals surface area contributed by atoms with Crippen molar-refractivity contribution < 1.29 is 19.3 Å².